The normalized spacial score (nSPS) is 12.5. The van der Waals surface area contributed by atoms with Crippen LogP contribution in [0.1, 0.15) is 29.9 Å². The topological polar surface area (TPSA) is 29.9 Å². The van der Waals surface area contributed by atoms with Crippen molar-refractivity contribution in [3.8, 4) is 0 Å². The molecule has 0 saturated carbocycles. The van der Waals surface area contributed by atoms with E-state index < -0.39 is 0 Å². The van der Waals surface area contributed by atoms with Gasteiger partial charge in [0.05, 0.1) is 22.4 Å². The number of nitrogens with one attached hydrogen (secondary N) is 1. The van der Waals surface area contributed by atoms with E-state index in [1.165, 1.54) is 5.56 Å². The van der Waals surface area contributed by atoms with Gasteiger partial charge in [0.15, 0.2) is 0 Å². The highest BCUT2D eigenvalue weighted by atomic mass is 35.5. The molecule has 0 aliphatic heterocycles. The van der Waals surface area contributed by atoms with Crippen LogP contribution in [0.25, 0.3) is 0 Å². The van der Waals surface area contributed by atoms with Crippen molar-refractivity contribution in [2.75, 3.05) is 5.32 Å². The molecule has 2 aromatic rings. The number of benzene rings is 1. The summed E-state index contributed by atoms with van der Waals surface area (Å²) in [5.74, 6) is 0. The zero-order chi connectivity index (χ0) is 14.2. The fourth-order valence-corrected chi connectivity index (χ4v) is 2.67. The summed E-state index contributed by atoms with van der Waals surface area (Å²) in [6, 6.07) is 5.52. The fraction of sp³-hybridized carbons (Fsp3) is 0.357. The van der Waals surface area contributed by atoms with Gasteiger partial charge in [-0.25, -0.2) is 0 Å². The molecule has 1 unspecified atom stereocenters. The van der Waals surface area contributed by atoms with Gasteiger partial charge in [-0.2, -0.15) is 5.10 Å². The Morgan fingerprint density at radius 1 is 1.26 bits per heavy atom. The molecule has 0 fully saturated rings. The third kappa shape index (κ3) is 2.88. The zero-order valence-electron chi connectivity index (χ0n) is 11.5. The summed E-state index contributed by atoms with van der Waals surface area (Å²) in [5, 5.41) is 9.15. The van der Waals surface area contributed by atoms with E-state index in [1.54, 1.807) is 12.1 Å². The Labute approximate surface area is 123 Å². The fourth-order valence-electron chi connectivity index (χ4n) is 2.33. The van der Waals surface area contributed by atoms with Gasteiger partial charge in [-0.3, -0.25) is 4.68 Å². The van der Waals surface area contributed by atoms with Gasteiger partial charge in [-0.15, -0.1) is 0 Å². The largest absolute Gasteiger partial charge is 0.377 e. The van der Waals surface area contributed by atoms with Crippen LogP contribution < -0.4 is 5.32 Å². The van der Waals surface area contributed by atoms with Crippen molar-refractivity contribution < 1.29 is 0 Å². The Kier molecular flexibility index (Phi) is 4.07. The molecule has 1 aromatic carbocycles. The lowest BCUT2D eigenvalue weighted by Crippen LogP contribution is -2.09. The molecule has 2 rings (SSSR count). The number of rotatable bonds is 3. The standard InChI is InChI=1S/C14H17Cl2N3/c1-8(14-9(2)18-19(4)10(14)3)17-13-7-11(15)5-6-12(13)16/h5-8,17H,1-4H3. The van der Waals surface area contributed by atoms with Gasteiger partial charge >= 0.3 is 0 Å². The van der Waals surface area contributed by atoms with Crippen LogP contribution in [0, 0.1) is 13.8 Å². The summed E-state index contributed by atoms with van der Waals surface area (Å²) < 4.78 is 1.89. The summed E-state index contributed by atoms with van der Waals surface area (Å²) >= 11 is 12.2. The molecule has 0 radical (unpaired) electrons. The predicted octanol–water partition coefficient (Wildman–Crippen LogP) is 4.52. The van der Waals surface area contributed by atoms with Gasteiger partial charge in [0.2, 0.25) is 0 Å². The maximum absolute atomic E-state index is 6.17. The van der Waals surface area contributed by atoms with Crippen molar-refractivity contribution in [3.05, 3.63) is 45.2 Å². The highest BCUT2D eigenvalue weighted by Gasteiger charge is 2.17. The average Bonchev–Trinajstić information content (AvgIpc) is 2.58. The molecule has 5 heteroatoms. The third-order valence-electron chi connectivity index (χ3n) is 3.30. The van der Waals surface area contributed by atoms with Crippen LogP contribution in [0.15, 0.2) is 18.2 Å². The molecule has 0 saturated heterocycles. The molecule has 1 N–H and O–H groups in total. The average molecular weight is 298 g/mol. The van der Waals surface area contributed by atoms with Gasteiger partial charge < -0.3 is 5.32 Å². The monoisotopic (exact) mass is 297 g/mol. The summed E-state index contributed by atoms with van der Waals surface area (Å²) in [5.41, 5.74) is 4.21. The van der Waals surface area contributed by atoms with Gasteiger partial charge in [0.25, 0.3) is 0 Å². The number of aryl methyl sites for hydroxylation is 2. The van der Waals surface area contributed by atoms with E-state index in [-0.39, 0.29) is 6.04 Å². The van der Waals surface area contributed by atoms with Gasteiger partial charge in [0, 0.05) is 23.3 Å². The lowest BCUT2D eigenvalue weighted by molar-refractivity contribution is 0.728. The minimum absolute atomic E-state index is 0.115. The van der Waals surface area contributed by atoms with Crippen LogP contribution in [0.3, 0.4) is 0 Å². The second-order valence-electron chi connectivity index (χ2n) is 4.70. The SMILES string of the molecule is Cc1nn(C)c(C)c1C(C)Nc1cc(Cl)ccc1Cl. The lowest BCUT2D eigenvalue weighted by Gasteiger charge is -2.17. The quantitative estimate of drug-likeness (QED) is 0.903. The number of hydrogen-bond donors (Lipinski definition) is 1. The molecule has 0 amide bonds. The lowest BCUT2D eigenvalue weighted by atomic mass is 10.1. The van der Waals surface area contributed by atoms with Crippen LogP contribution in [0.4, 0.5) is 5.69 Å². The van der Waals surface area contributed by atoms with E-state index in [4.69, 9.17) is 23.2 Å². The van der Waals surface area contributed by atoms with Crippen molar-refractivity contribution in [1.29, 1.82) is 0 Å². The first kappa shape index (κ1) is 14.2. The van der Waals surface area contributed by atoms with Crippen LogP contribution in [-0.4, -0.2) is 9.78 Å². The van der Waals surface area contributed by atoms with Crippen LogP contribution in [-0.2, 0) is 7.05 Å². The molecule has 0 aliphatic rings. The number of anilines is 1. The summed E-state index contributed by atoms with van der Waals surface area (Å²) in [6.45, 7) is 6.17. The maximum atomic E-state index is 6.17. The minimum atomic E-state index is 0.115. The maximum Gasteiger partial charge on any atom is 0.0649 e. The first-order valence-electron chi connectivity index (χ1n) is 6.12. The Morgan fingerprint density at radius 2 is 1.95 bits per heavy atom. The Balaban J connectivity index is 2.30. The molecular formula is C14H17Cl2N3. The third-order valence-corrected chi connectivity index (χ3v) is 3.86. The van der Waals surface area contributed by atoms with E-state index in [0.29, 0.717) is 10.0 Å². The van der Waals surface area contributed by atoms with Crippen molar-refractivity contribution >= 4 is 28.9 Å². The second kappa shape index (κ2) is 5.43. The molecule has 102 valence electrons. The number of hydrogen-bond acceptors (Lipinski definition) is 2. The van der Waals surface area contributed by atoms with Crippen molar-refractivity contribution in [2.24, 2.45) is 7.05 Å². The van der Waals surface area contributed by atoms with Crippen LogP contribution in [0.2, 0.25) is 10.0 Å². The first-order valence-corrected chi connectivity index (χ1v) is 6.87. The molecule has 1 heterocycles. The van der Waals surface area contributed by atoms with Crippen LogP contribution >= 0.6 is 23.2 Å². The van der Waals surface area contributed by atoms with E-state index >= 15 is 0 Å². The number of halogens is 2. The number of aromatic nitrogens is 2. The summed E-state index contributed by atoms with van der Waals surface area (Å²) in [7, 11) is 1.95. The Hall–Kier alpha value is -1.19. The smallest absolute Gasteiger partial charge is 0.0649 e. The van der Waals surface area contributed by atoms with Crippen LogP contribution in [0.5, 0.6) is 0 Å². The molecule has 0 aliphatic carbocycles. The highest BCUT2D eigenvalue weighted by Crippen LogP contribution is 2.30. The van der Waals surface area contributed by atoms with Crippen molar-refractivity contribution in [1.82, 2.24) is 9.78 Å². The summed E-state index contributed by atoms with van der Waals surface area (Å²) in [6.07, 6.45) is 0. The van der Waals surface area contributed by atoms with Crippen molar-refractivity contribution in [2.45, 2.75) is 26.8 Å². The molecule has 1 atom stereocenters. The molecule has 0 spiro atoms. The van der Waals surface area contributed by atoms with Crippen molar-refractivity contribution in [3.63, 3.8) is 0 Å². The zero-order valence-corrected chi connectivity index (χ0v) is 13.0. The molecule has 1 aromatic heterocycles. The molecule has 19 heavy (non-hydrogen) atoms. The Morgan fingerprint density at radius 3 is 2.53 bits per heavy atom. The van der Waals surface area contributed by atoms with E-state index in [9.17, 15) is 0 Å². The predicted molar refractivity (Wildman–Crippen MR) is 81.2 cm³/mol. The van der Waals surface area contributed by atoms with Gasteiger partial charge in [0.1, 0.15) is 0 Å². The van der Waals surface area contributed by atoms with E-state index in [1.807, 2.05) is 24.7 Å². The van der Waals surface area contributed by atoms with E-state index in [0.717, 1.165) is 17.1 Å². The molecule has 0 bridgehead atoms. The minimum Gasteiger partial charge on any atom is -0.377 e. The van der Waals surface area contributed by atoms with Gasteiger partial charge in [-0.1, -0.05) is 23.2 Å². The first-order chi connectivity index (χ1) is 8.90. The van der Waals surface area contributed by atoms with Gasteiger partial charge in [-0.05, 0) is 39.0 Å². The second-order valence-corrected chi connectivity index (χ2v) is 5.54. The number of nitrogens with zero attached hydrogens (tertiary/aromatic N) is 2. The molecular weight excluding hydrogens is 281 g/mol. The summed E-state index contributed by atoms with van der Waals surface area (Å²) in [4.78, 5) is 0. The highest BCUT2D eigenvalue weighted by molar-refractivity contribution is 6.35. The molecule has 3 nitrogen and oxygen atoms in total. The van der Waals surface area contributed by atoms with E-state index in [2.05, 4.69) is 24.3 Å². The Bertz CT molecular complexity index is 605.